The van der Waals surface area contributed by atoms with Gasteiger partial charge >= 0.3 is 0 Å². The fourth-order valence-electron chi connectivity index (χ4n) is 2.53. The third-order valence-corrected chi connectivity index (χ3v) is 3.43. The molecule has 5 nitrogen and oxygen atoms in total. The van der Waals surface area contributed by atoms with Crippen molar-refractivity contribution in [1.82, 2.24) is 24.4 Å². The van der Waals surface area contributed by atoms with Crippen molar-refractivity contribution in [2.24, 2.45) is 0 Å². The Hall–Kier alpha value is -1.75. The highest BCUT2D eigenvalue weighted by Crippen LogP contribution is 2.25. The Morgan fingerprint density at radius 3 is 2.89 bits per heavy atom. The minimum atomic E-state index is 0.503. The van der Waals surface area contributed by atoms with Crippen molar-refractivity contribution in [2.75, 3.05) is 20.1 Å². The Balaban J connectivity index is 1.96. The van der Waals surface area contributed by atoms with Crippen LogP contribution in [0.1, 0.15) is 18.3 Å². The van der Waals surface area contributed by atoms with Crippen LogP contribution in [-0.2, 0) is 0 Å². The summed E-state index contributed by atoms with van der Waals surface area (Å²) in [7, 11) is 2.16. The Morgan fingerprint density at radius 1 is 1.28 bits per heavy atom. The molecular formula is C13H17N5. The number of aryl methyl sites for hydroxylation is 1. The monoisotopic (exact) mass is 243 g/mol. The standard InChI is InChI=1S/C13H17N5/c1-10-14-5-3-12(16-10)13-15-6-8-18(13)11-4-7-17(2)9-11/h3,5-6,8,11H,4,7,9H2,1-2H3. The van der Waals surface area contributed by atoms with E-state index >= 15 is 0 Å². The molecule has 94 valence electrons. The lowest BCUT2D eigenvalue weighted by molar-refractivity contribution is 0.393. The van der Waals surface area contributed by atoms with Gasteiger partial charge in [-0.1, -0.05) is 0 Å². The maximum atomic E-state index is 4.46. The van der Waals surface area contributed by atoms with Crippen molar-refractivity contribution in [3.63, 3.8) is 0 Å². The lowest BCUT2D eigenvalue weighted by atomic mass is 10.2. The number of likely N-dealkylation sites (N-methyl/N-ethyl adjacent to an activating group) is 1. The molecule has 1 atom stereocenters. The van der Waals surface area contributed by atoms with Crippen LogP contribution in [0.2, 0.25) is 0 Å². The van der Waals surface area contributed by atoms with Crippen molar-refractivity contribution in [3.05, 3.63) is 30.5 Å². The molecule has 3 heterocycles. The van der Waals surface area contributed by atoms with Gasteiger partial charge in [0.05, 0.1) is 0 Å². The molecule has 0 aromatic carbocycles. The molecule has 1 aliphatic heterocycles. The van der Waals surface area contributed by atoms with Gasteiger partial charge in [-0.05, 0) is 33.0 Å². The predicted molar refractivity (Wildman–Crippen MR) is 69.1 cm³/mol. The number of hydrogen-bond acceptors (Lipinski definition) is 4. The van der Waals surface area contributed by atoms with Crippen molar-refractivity contribution in [3.8, 4) is 11.5 Å². The first kappa shape index (κ1) is 11.3. The zero-order chi connectivity index (χ0) is 12.5. The van der Waals surface area contributed by atoms with E-state index in [1.807, 2.05) is 19.2 Å². The molecule has 0 saturated carbocycles. The Bertz CT molecular complexity index is 548. The van der Waals surface area contributed by atoms with Crippen LogP contribution in [0.5, 0.6) is 0 Å². The van der Waals surface area contributed by atoms with Gasteiger partial charge in [0.1, 0.15) is 11.5 Å². The molecule has 3 rings (SSSR count). The number of likely N-dealkylation sites (tertiary alicyclic amines) is 1. The van der Waals surface area contributed by atoms with E-state index in [0.717, 1.165) is 30.4 Å². The number of nitrogens with zero attached hydrogens (tertiary/aromatic N) is 5. The van der Waals surface area contributed by atoms with E-state index in [1.54, 1.807) is 6.20 Å². The second kappa shape index (κ2) is 4.49. The number of aromatic nitrogens is 4. The van der Waals surface area contributed by atoms with Gasteiger partial charge < -0.3 is 9.47 Å². The average Bonchev–Trinajstić information content (AvgIpc) is 2.96. The van der Waals surface area contributed by atoms with Crippen LogP contribution in [0.4, 0.5) is 0 Å². The first-order valence-corrected chi connectivity index (χ1v) is 6.25. The fourth-order valence-corrected chi connectivity index (χ4v) is 2.53. The van der Waals surface area contributed by atoms with Crippen LogP contribution in [0.25, 0.3) is 11.5 Å². The summed E-state index contributed by atoms with van der Waals surface area (Å²) in [5.74, 6) is 1.73. The summed E-state index contributed by atoms with van der Waals surface area (Å²) in [6.07, 6.45) is 6.86. The zero-order valence-corrected chi connectivity index (χ0v) is 10.7. The molecule has 0 amide bonds. The van der Waals surface area contributed by atoms with Crippen LogP contribution >= 0.6 is 0 Å². The molecule has 0 radical (unpaired) electrons. The first-order valence-electron chi connectivity index (χ1n) is 6.25. The third kappa shape index (κ3) is 2.01. The summed E-state index contributed by atoms with van der Waals surface area (Å²) in [5.41, 5.74) is 0.905. The molecular weight excluding hydrogens is 226 g/mol. The van der Waals surface area contributed by atoms with Gasteiger partial charge in [-0.25, -0.2) is 15.0 Å². The average molecular weight is 243 g/mol. The molecule has 0 bridgehead atoms. The van der Waals surface area contributed by atoms with Gasteiger partial charge in [-0.3, -0.25) is 0 Å². The lowest BCUT2D eigenvalue weighted by Gasteiger charge is -2.15. The van der Waals surface area contributed by atoms with Crippen LogP contribution in [-0.4, -0.2) is 44.6 Å². The fraction of sp³-hybridized carbons (Fsp3) is 0.462. The van der Waals surface area contributed by atoms with Gasteiger partial charge in [-0.2, -0.15) is 0 Å². The van der Waals surface area contributed by atoms with E-state index < -0.39 is 0 Å². The maximum absolute atomic E-state index is 4.46. The maximum Gasteiger partial charge on any atom is 0.159 e. The normalized spacial score (nSPS) is 20.4. The van der Waals surface area contributed by atoms with Gasteiger partial charge in [0.15, 0.2) is 5.82 Å². The van der Waals surface area contributed by atoms with Crippen LogP contribution in [0.3, 0.4) is 0 Å². The second-order valence-corrected chi connectivity index (χ2v) is 4.85. The van der Waals surface area contributed by atoms with Gasteiger partial charge in [0.25, 0.3) is 0 Å². The largest absolute Gasteiger partial charge is 0.325 e. The van der Waals surface area contributed by atoms with E-state index in [9.17, 15) is 0 Å². The minimum Gasteiger partial charge on any atom is -0.325 e. The van der Waals surface area contributed by atoms with E-state index in [4.69, 9.17) is 0 Å². The van der Waals surface area contributed by atoms with E-state index in [-0.39, 0.29) is 0 Å². The molecule has 1 saturated heterocycles. The molecule has 5 heteroatoms. The topological polar surface area (TPSA) is 46.8 Å². The molecule has 1 aliphatic rings. The quantitative estimate of drug-likeness (QED) is 0.802. The summed E-state index contributed by atoms with van der Waals surface area (Å²) >= 11 is 0. The molecule has 2 aromatic rings. The summed E-state index contributed by atoms with van der Waals surface area (Å²) < 4.78 is 2.24. The van der Waals surface area contributed by atoms with Crippen molar-refractivity contribution in [2.45, 2.75) is 19.4 Å². The van der Waals surface area contributed by atoms with E-state index in [0.29, 0.717) is 6.04 Å². The molecule has 1 fully saturated rings. The molecule has 0 aliphatic carbocycles. The van der Waals surface area contributed by atoms with Gasteiger partial charge in [0, 0.05) is 31.2 Å². The van der Waals surface area contributed by atoms with Gasteiger partial charge in [-0.15, -0.1) is 0 Å². The minimum absolute atomic E-state index is 0.503. The first-order chi connectivity index (χ1) is 8.74. The molecule has 18 heavy (non-hydrogen) atoms. The van der Waals surface area contributed by atoms with E-state index in [2.05, 4.69) is 37.7 Å². The summed E-state index contributed by atoms with van der Waals surface area (Å²) in [5, 5.41) is 0. The molecule has 0 spiro atoms. The highest BCUT2D eigenvalue weighted by atomic mass is 15.2. The summed E-state index contributed by atoms with van der Waals surface area (Å²) in [6, 6.07) is 2.42. The van der Waals surface area contributed by atoms with E-state index in [1.165, 1.54) is 6.42 Å². The highest BCUT2D eigenvalue weighted by molar-refractivity contribution is 5.49. The van der Waals surface area contributed by atoms with Crippen molar-refractivity contribution in [1.29, 1.82) is 0 Å². The summed E-state index contributed by atoms with van der Waals surface area (Å²) in [4.78, 5) is 15.4. The third-order valence-electron chi connectivity index (χ3n) is 3.43. The SMILES string of the molecule is Cc1nccc(-c2nccn2C2CCN(C)C2)n1. The lowest BCUT2D eigenvalue weighted by Crippen LogP contribution is -2.16. The molecule has 0 N–H and O–H groups in total. The van der Waals surface area contributed by atoms with Crippen LogP contribution in [0, 0.1) is 6.92 Å². The Labute approximate surface area is 107 Å². The van der Waals surface area contributed by atoms with Crippen LogP contribution < -0.4 is 0 Å². The zero-order valence-electron chi connectivity index (χ0n) is 10.7. The highest BCUT2D eigenvalue weighted by Gasteiger charge is 2.23. The predicted octanol–water partition coefficient (Wildman–Crippen LogP) is 1.53. The number of hydrogen-bond donors (Lipinski definition) is 0. The Morgan fingerprint density at radius 2 is 2.17 bits per heavy atom. The molecule has 2 aromatic heterocycles. The Kier molecular flexibility index (Phi) is 2.83. The second-order valence-electron chi connectivity index (χ2n) is 4.85. The number of imidazole rings is 1. The molecule has 1 unspecified atom stereocenters. The van der Waals surface area contributed by atoms with Crippen molar-refractivity contribution >= 4 is 0 Å². The van der Waals surface area contributed by atoms with Crippen LogP contribution in [0.15, 0.2) is 24.7 Å². The van der Waals surface area contributed by atoms with Gasteiger partial charge in [0.2, 0.25) is 0 Å². The summed E-state index contributed by atoms with van der Waals surface area (Å²) in [6.45, 7) is 4.12. The smallest absolute Gasteiger partial charge is 0.159 e. The van der Waals surface area contributed by atoms with Crippen molar-refractivity contribution < 1.29 is 0 Å². The number of rotatable bonds is 2.